The van der Waals surface area contributed by atoms with Gasteiger partial charge in [0, 0.05) is 12.1 Å². The molecule has 0 unspecified atom stereocenters. The molecule has 0 saturated carbocycles. The predicted molar refractivity (Wildman–Crippen MR) is 68.9 cm³/mol. The summed E-state index contributed by atoms with van der Waals surface area (Å²) < 4.78 is 39.3. The summed E-state index contributed by atoms with van der Waals surface area (Å²) in [4.78, 5) is 2.04. The first kappa shape index (κ1) is 16.7. The maximum atomic E-state index is 11.8. The number of alkyl halides is 3. The smallest absolute Gasteiger partial charge is 0.312 e. The predicted octanol–water partition coefficient (Wildman–Crippen LogP) is 2.62. The van der Waals surface area contributed by atoms with Gasteiger partial charge >= 0.3 is 6.36 Å². The zero-order chi connectivity index (χ0) is 14.5. The average molecular weight is 282 g/mol. The van der Waals surface area contributed by atoms with Crippen molar-refractivity contribution in [3.63, 3.8) is 0 Å². The van der Waals surface area contributed by atoms with Crippen LogP contribution < -0.4 is 5.32 Å². The Kier molecular flexibility index (Phi) is 6.08. The monoisotopic (exact) mass is 282 g/mol. The highest BCUT2D eigenvalue weighted by molar-refractivity contribution is 4.77. The summed E-state index contributed by atoms with van der Waals surface area (Å²) in [6, 6.07) is 0. The van der Waals surface area contributed by atoms with E-state index in [1.54, 1.807) is 0 Å². The summed E-state index contributed by atoms with van der Waals surface area (Å²) >= 11 is 0. The summed E-state index contributed by atoms with van der Waals surface area (Å²) in [7, 11) is 0. The van der Waals surface area contributed by atoms with Crippen LogP contribution in [0, 0.1) is 5.92 Å². The first-order valence-corrected chi connectivity index (χ1v) is 6.84. The van der Waals surface area contributed by atoms with Gasteiger partial charge in [-0.15, -0.1) is 13.2 Å². The highest BCUT2D eigenvalue weighted by Crippen LogP contribution is 2.19. The third-order valence-corrected chi connectivity index (χ3v) is 3.30. The van der Waals surface area contributed by atoms with Crippen LogP contribution in [-0.4, -0.2) is 49.6 Å². The minimum atomic E-state index is -4.51. The molecule has 0 atom stereocenters. The molecule has 0 spiro atoms. The molecule has 1 rings (SSSR count). The largest absolute Gasteiger partial charge is 0.522 e. The lowest BCUT2D eigenvalue weighted by atomic mass is 9.95. The fraction of sp³-hybridized carbons (Fsp3) is 1.00. The molecule has 0 radical (unpaired) electrons. The van der Waals surface area contributed by atoms with E-state index in [4.69, 9.17) is 0 Å². The number of rotatable bonds is 5. The van der Waals surface area contributed by atoms with Gasteiger partial charge in [-0.25, -0.2) is 0 Å². The number of hydrogen-bond donors (Lipinski definition) is 1. The van der Waals surface area contributed by atoms with Crippen molar-refractivity contribution in [2.45, 2.75) is 45.5 Å². The second kappa shape index (κ2) is 6.90. The van der Waals surface area contributed by atoms with Gasteiger partial charge in [-0.3, -0.25) is 4.74 Å². The standard InChI is InChI=1S/C13H25F3N2O/c1-12(2,3)17-10-11-4-6-18(7-5-11)8-9-19-13(14,15)16/h11,17H,4-10H2,1-3H3. The Hall–Kier alpha value is -0.330. The third-order valence-electron chi connectivity index (χ3n) is 3.30. The Morgan fingerprint density at radius 3 is 2.21 bits per heavy atom. The third kappa shape index (κ3) is 8.44. The fourth-order valence-electron chi connectivity index (χ4n) is 2.16. The fourth-order valence-corrected chi connectivity index (χ4v) is 2.16. The number of nitrogens with zero attached hydrogens (tertiary/aromatic N) is 1. The van der Waals surface area contributed by atoms with Crippen LogP contribution in [0.2, 0.25) is 0 Å². The molecule has 0 aliphatic carbocycles. The van der Waals surface area contributed by atoms with Crippen molar-refractivity contribution in [3.8, 4) is 0 Å². The van der Waals surface area contributed by atoms with E-state index in [-0.39, 0.29) is 12.1 Å². The summed E-state index contributed by atoms with van der Waals surface area (Å²) in [6.07, 6.45) is -2.43. The van der Waals surface area contributed by atoms with Gasteiger partial charge in [0.2, 0.25) is 0 Å². The molecule has 1 saturated heterocycles. The highest BCUT2D eigenvalue weighted by Gasteiger charge is 2.29. The molecule has 1 heterocycles. The molecule has 19 heavy (non-hydrogen) atoms. The maximum absolute atomic E-state index is 11.8. The molecule has 0 aromatic carbocycles. The van der Waals surface area contributed by atoms with Crippen molar-refractivity contribution >= 4 is 0 Å². The lowest BCUT2D eigenvalue weighted by Gasteiger charge is -2.33. The van der Waals surface area contributed by atoms with Crippen molar-refractivity contribution in [1.29, 1.82) is 0 Å². The van der Waals surface area contributed by atoms with Crippen LogP contribution in [0.15, 0.2) is 0 Å². The lowest BCUT2D eigenvalue weighted by molar-refractivity contribution is -0.325. The van der Waals surface area contributed by atoms with Crippen LogP contribution in [0.5, 0.6) is 0 Å². The second-order valence-electron chi connectivity index (χ2n) is 6.21. The topological polar surface area (TPSA) is 24.5 Å². The van der Waals surface area contributed by atoms with Gasteiger partial charge < -0.3 is 10.2 Å². The normalized spacial score (nSPS) is 19.9. The van der Waals surface area contributed by atoms with Crippen molar-refractivity contribution in [2.75, 3.05) is 32.8 Å². The molecule has 0 bridgehead atoms. The molecular weight excluding hydrogens is 257 g/mol. The first-order valence-electron chi connectivity index (χ1n) is 6.84. The Morgan fingerprint density at radius 2 is 1.74 bits per heavy atom. The maximum Gasteiger partial charge on any atom is 0.522 e. The van der Waals surface area contributed by atoms with Crippen LogP contribution in [-0.2, 0) is 4.74 Å². The SMILES string of the molecule is CC(C)(C)NCC1CCN(CCOC(F)(F)F)CC1. The average Bonchev–Trinajstić information content (AvgIpc) is 2.25. The number of piperidine rings is 1. The minimum Gasteiger partial charge on any atom is -0.312 e. The Balaban J connectivity index is 2.12. The molecule has 6 heteroatoms. The van der Waals surface area contributed by atoms with Crippen molar-refractivity contribution < 1.29 is 17.9 Å². The van der Waals surface area contributed by atoms with E-state index in [1.807, 2.05) is 4.90 Å². The van der Waals surface area contributed by atoms with E-state index in [9.17, 15) is 13.2 Å². The van der Waals surface area contributed by atoms with Gasteiger partial charge in [-0.1, -0.05) is 0 Å². The van der Waals surface area contributed by atoms with E-state index in [0.29, 0.717) is 12.5 Å². The molecule has 0 amide bonds. The Bertz CT molecular complexity index is 256. The molecule has 1 aliphatic heterocycles. The first-order chi connectivity index (χ1) is 8.66. The molecule has 1 fully saturated rings. The molecule has 114 valence electrons. The summed E-state index contributed by atoms with van der Waals surface area (Å²) in [5.41, 5.74) is 0.123. The quantitative estimate of drug-likeness (QED) is 0.839. The van der Waals surface area contributed by atoms with Crippen LogP contribution in [0.3, 0.4) is 0 Å². The van der Waals surface area contributed by atoms with Gasteiger partial charge in [-0.05, 0) is 59.2 Å². The van der Waals surface area contributed by atoms with Gasteiger partial charge in [0.25, 0.3) is 0 Å². The molecule has 1 N–H and O–H groups in total. The van der Waals surface area contributed by atoms with Gasteiger partial charge in [0.1, 0.15) is 0 Å². The zero-order valence-corrected chi connectivity index (χ0v) is 12.0. The van der Waals surface area contributed by atoms with Crippen LogP contribution >= 0.6 is 0 Å². The van der Waals surface area contributed by atoms with E-state index in [1.165, 1.54) is 0 Å². The molecule has 1 aliphatic rings. The summed E-state index contributed by atoms with van der Waals surface area (Å²) in [5.74, 6) is 0.624. The summed E-state index contributed by atoms with van der Waals surface area (Å²) in [5, 5.41) is 3.48. The van der Waals surface area contributed by atoms with Crippen LogP contribution in [0.4, 0.5) is 13.2 Å². The number of likely N-dealkylation sites (tertiary alicyclic amines) is 1. The van der Waals surface area contributed by atoms with E-state index >= 15 is 0 Å². The van der Waals surface area contributed by atoms with Crippen LogP contribution in [0.25, 0.3) is 0 Å². The van der Waals surface area contributed by atoms with E-state index < -0.39 is 6.36 Å². The van der Waals surface area contributed by atoms with Crippen molar-refractivity contribution in [3.05, 3.63) is 0 Å². The van der Waals surface area contributed by atoms with Gasteiger partial charge in [0.05, 0.1) is 6.61 Å². The minimum absolute atomic E-state index is 0.123. The molecule has 0 aromatic heterocycles. The number of halogens is 3. The van der Waals surface area contributed by atoms with E-state index in [2.05, 4.69) is 30.8 Å². The number of hydrogen-bond acceptors (Lipinski definition) is 3. The summed E-state index contributed by atoms with van der Waals surface area (Å²) in [6.45, 7) is 9.20. The van der Waals surface area contributed by atoms with Gasteiger partial charge in [-0.2, -0.15) is 0 Å². The van der Waals surface area contributed by atoms with Crippen molar-refractivity contribution in [2.24, 2.45) is 5.92 Å². The Labute approximate surface area is 113 Å². The lowest BCUT2D eigenvalue weighted by Crippen LogP contribution is -2.43. The molecule has 0 aromatic rings. The number of nitrogens with one attached hydrogen (secondary N) is 1. The van der Waals surface area contributed by atoms with E-state index in [0.717, 1.165) is 32.5 Å². The second-order valence-corrected chi connectivity index (χ2v) is 6.21. The molecular formula is C13H25F3N2O. The Morgan fingerprint density at radius 1 is 1.16 bits per heavy atom. The zero-order valence-electron chi connectivity index (χ0n) is 12.0. The van der Waals surface area contributed by atoms with Gasteiger partial charge in [0.15, 0.2) is 0 Å². The van der Waals surface area contributed by atoms with Crippen LogP contribution in [0.1, 0.15) is 33.6 Å². The number of ether oxygens (including phenoxy) is 1. The van der Waals surface area contributed by atoms with Crippen molar-refractivity contribution in [1.82, 2.24) is 10.2 Å². The highest BCUT2D eigenvalue weighted by atomic mass is 19.4. The molecule has 3 nitrogen and oxygen atoms in total.